The molecule has 90 valence electrons. The van der Waals surface area contributed by atoms with Crippen molar-refractivity contribution in [1.82, 2.24) is 10.3 Å². The van der Waals surface area contributed by atoms with E-state index >= 15 is 0 Å². The van der Waals surface area contributed by atoms with Gasteiger partial charge in [0.25, 0.3) is 0 Å². The lowest BCUT2D eigenvalue weighted by Crippen LogP contribution is -2.27. The Bertz CT molecular complexity index is 538. The van der Waals surface area contributed by atoms with Crippen LogP contribution in [-0.4, -0.2) is 18.1 Å². The molecular weight excluding hydrogens is 232 g/mol. The Morgan fingerprint density at radius 1 is 1.24 bits per heavy atom. The predicted molar refractivity (Wildman–Crippen MR) is 72.9 cm³/mol. The number of aryl methyl sites for hydroxylation is 1. The fraction of sp³-hybridized carbons (Fsp3) is 0.429. The molecule has 1 aliphatic rings. The maximum atomic E-state index is 6.04. The molecule has 1 aromatic heterocycles. The molecule has 1 fully saturated rings. The number of aromatic amines is 1. The molecule has 1 aliphatic heterocycles. The summed E-state index contributed by atoms with van der Waals surface area (Å²) < 4.78 is 0. The van der Waals surface area contributed by atoms with E-state index in [-0.39, 0.29) is 0 Å². The van der Waals surface area contributed by atoms with Crippen LogP contribution in [0.1, 0.15) is 30.0 Å². The van der Waals surface area contributed by atoms with Gasteiger partial charge in [-0.1, -0.05) is 17.7 Å². The Morgan fingerprint density at radius 2 is 2.00 bits per heavy atom. The monoisotopic (exact) mass is 248 g/mol. The van der Waals surface area contributed by atoms with Gasteiger partial charge in [0, 0.05) is 27.5 Å². The lowest BCUT2D eigenvalue weighted by atomic mass is 9.92. The fourth-order valence-electron chi connectivity index (χ4n) is 2.85. The normalized spacial score (nSPS) is 17.8. The van der Waals surface area contributed by atoms with Gasteiger partial charge in [-0.2, -0.15) is 0 Å². The Balaban J connectivity index is 2.07. The first-order valence-corrected chi connectivity index (χ1v) is 6.62. The van der Waals surface area contributed by atoms with E-state index < -0.39 is 0 Å². The zero-order valence-corrected chi connectivity index (χ0v) is 10.8. The number of H-pyrrole nitrogens is 1. The lowest BCUT2D eigenvalue weighted by Gasteiger charge is -2.22. The highest BCUT2D eigenvalue weighted by Crippen LogP contribution is 2.32. The van der Waals surface area contributed by atoms with E-state index in [2.05, 4.69) is 23.3 Å². The maximum absolute atomic E-state index is 6.04. The van der Waals surface area contributed by atoms with Crippen LogP contribution in [0.5, 0.6) is 0 Å². The second-order valence-corrected chi connectivity index (χ2v) is 5.31. The number of hydrogen-bond acceptors (Lipinski definition) is 1. The third-order valence-electron chi connectivity index (χ3n) is 3.81. The topological polar surface area (TPSA) is 27.8 Å². The molecule has 0 aliphatic carbocycles. The van der Waals surface area contributed by atoms with Crippen molar-refractivity contribution in [3.63, 3.8) is 0 Å². The molecule has 0 saturated carbocycles. The molecule has 1 saturated heterocycles. The number of rotatable bonds is 1. The third-order valence-corrected chi connectivity index (χ3v) is 4.04. The van der Waals surface area contributed by atoms with Crippen LogP contribution >= 0.6 is 11.6 Å². The molecular formula is C14H17ClN2. The highest BCUT2D eigenvalue weighted by molar-refractivity contribution is 6.31. The number of fused-ring (bicyclic) bond motifs is 1. The Labute approximate surface area is 106 Å². The van der Waals surface area contributed by atoms with E-state index in [4.69, 9.17) is 11.6 Å². The quantitative estimate of drug-likeness (QED) is 0.793. The van der Waals surface area contributed by atoms with Gasteiger partial charge in [-0.05, 0) is 50.6 Å². The van der Waals surface area contributed by atoms with E-state index in [9.17, 15) is 0 Å². The molecule has 2 aromatic rings. The summed E-state index contributed by atoms with van der Waals surface area (Å²) in [5, 5.41) is 5.52. The van der Waals surface area contributed by atoms with Crippen LogP contribution in [0.4, 0.5) is 0 Å². The number of halogens is 1. The molecule has 0 spiro atoms. The largest absolute Gasteiger partial charge is 0.358 e. The summed E-state index contributed by atoms with van der Waals surface area (Å²) in [6.07, 6.45) is 2.45. The van der Waals surface area contributed by atoms with E-state index in [0.29, 0.717) is 5.92 Å². The average molecular weight is 249 g/mol. The Hall–Kier alpha value is -0.990. The standard InChI is InChI=1S/C14H17ClN2/c1-9-12-3-2-11(15)8-13(12)17-14(9)10-4-6-16-7-5-10/h2-3,8,10,16-17H,4-7H2,1H3. The molecule has 17 heavy (non-hydrogen) atoms. The lowest BCUT2D eigenvalue weighted by molar-refractivity contribution is 0.454. The highest BCUT2D eigenvalue weighted by atomic mass is 35.5. The summed E-state index contributed by atoms with van der Waals surface area (Å²) in [5.74, 6) is 0.669. The molecule has 1 aromatic carbocycles. The number of piperidine rings is 1. The predicted octanol–water partition coefficient (Wildman–Crippen LogP) is 3.60. The Morgan fingerprint density at radius 3 is 2.76 bits per heavy atom. The van der Waals surface area contributed by atoms with Crippen molar-refractivity contribution in [3.8, 4) is 0 Å². The molecule has 3 heteroatoms. The van der Waals surface area contributed by atoms with Crippen LogP contribution in [0, 0.1) is 6.92 Å². The third kappa shape index (κ3) is 1.96. The van der Waals surface area contributed by atoms with Crippen LogP contribution in [0.3, 0.4) is 0 Å². The molecule has 2 N–H and O–H groups in total. The van der Waals surface area contributed by atoms with E-state index in [1.54, 1.807) is 0 Å². The van der Waals surface area contributed by atoms with Crippen LogP contribution in [0.25, 0.3) is 10.9 Å². The minimum Gasteiger partial charge on any atom is -0.358 e. The molecule has 2 heterocycles. The smallest absolute Gasteiger partial charge is 0.0473 e. The van der Waals surface area contributed by atoms with Crippen molar-refractivity contribution in [2.75, 3.05) is 13.1 Å². The Kier molecular flexibility index (Phi) is 2.85. The van der Waals surface area contributed by atoms with Crippen LogP contribution < -0.4 is 5.32 Å². The zero-order valence-electron chi connectivity index (χ0n) is 10.0. The molecule has 0 amide bonds. The number of aromatic nitrogens is 1. The summed E-state index contributed by atoms with van der Waals surface area (Å²) in [5.41, 5.74) is 3.97. The van der Waals surface area contributed by atoms with Crippen LogP contribution in [0.15, 0.2) is 18.2 Å². The molecule has 0 unspecified atom stereocenters. The average Bonchev–Trinajstić information content (AvgIpc) is 2.67. The van der Waals surface area contributed by atoms with Gasteiger partial charge in [-0.25, -0.2) is 0 Å². The summed E-state index contributed by atoms with van der Waals surface area (Å²) in [6, 6.07) is 6.11. The molecule has 3 rings (SSSR count). The van der Waals surface area contributed by atoms with Gasteiger partial charge in [0.1, 0.15) is 0 Å². The first kappa shape index (κ1) is 11.1. The van der Waals surface area contributed by atoms with Gasteiger partial charge < -0.3 is 10.3 Å². The highest BCUT2D eigenvalue weighted by Gasteiger charge is 2.19. The first-order chi connectivity index (χ1) is 8.25. The maximum Gasteiger partial charge on any atom is 0.0473 e. The van der Waals surface area contributed by atoms with Gasteiger partial charge in [0.2, 0.25) is 0 Å². The number of benzene rings is 1. The number of nitrogens with one attached hydrogen (secondary N) is 2. The van der Waals surface area contributed by atoms with Crippen LogP contribution in [-0.2, 0) is 0 Å². The summed E-state index contributed by atoms with van der Waals surface area (Å²) in [6.45, 7) is 4.46. The summed E-state index contributed by atoms with van der Waals surface area (Å²) >= 11 is 6.04. The summed E-state index contributed by atoms with van der Waals surface area (Å²) in [4.78, 5) is 3.56. The first-order valence-electron chi connectivity index (χ1n) is 6.24. The van der Waals surface area contributed by atoms with Crippen molar-refractivity contribution in [2.24, 2.45) is 0 Å². The number of hydrogen-bond donors (Lipinski definition) is 2. The van der Waals surface area contributed by atoms with Crippen molar-refractivity contribution in [3.05, 3.63) is 34.5 Å². The van der Waals surface area contributed by atoms with E-state index in [0.717, 1.165) is 18.1 Å². The van der Waals surface area contributed by atoms with Crippen molar-refractivity contribution < 1.29 is 0 Å². The zero-order chi connectivity index (χ0) is 11.8. The SMILES string of the molecule is Cc1c(C2CCNCC2)[nH]c2cc(Cl)ccc12. The van der Waals surface area contributed by atoms with Crippen molar-refractivity contribution >= 4 is 22.5 Å². The van der Waals surface area contributed by atoms with Crippen LogP contribution in [0.2, 0.25) is 5.02 Å². The second-order valence-electron chi connectivity index (χ2n) is 4.88. The summed E-state index contributed by atoms with van der Waals surface area (Å²) in [7, 11) is 0. The minimum atomic E-state index is 0.669. The van der Waals surface area contributed by atoms with Gasteiger partial charge in [0.15, 0.2) is 0 Å². The second kappa shape index (κ2) is 4.35. The van der Waals surface area contributed by atoms with E-state index in [1.807, 2.05) is 12.1 Å². The van der Waals surface area contributed by atoms with E-state index in [1.165, 1.54) is 35.0 Å². The molecule has 2 nitrogen and oxygen atoms in total. The van der Waals surface area contributed by atoms with Crippen molar-refractivity contribution in [2.45, 2.75) is 25.7 Å². The fourth-order valence-corrected chi connectivity index (χ4v) is 3.02. The van der Waals surface area contributed by atoms with Gasteiger partial charge in [-0.3, -0.25) is 0 Å². The van der Waals surface area contributed by atoms with Gasteiger partial charge in [0.05, 0.1) is 0 Å². The minimum absolute atomic E-state index is 0.669. The molecule has 0 atom stereocenters. The van der Waals surface area contributed by atoms with Gasteiger partial charge >= 0.3 is 0 Å². The van der Waals surface area contributed by atoms with Crippen molar-refractivity contribution in [1.29, 1.82) is 0 Å². The van der Waals surface area contributed by atoms with Gasteiger partial charge in [-0.15, -0.1) is 0 Å². The molecule has 0 bridgehead atoms. The molecule has 0 radical (unpaired) electrons.